The number of anilines is 1. The molecule has 0 aliphatic carbocycles. The van der Waals surface area contributed by atoms with Crippen molar-refractivity contribution in [1.29, 1.82) is 0 Å². The van der Waals surface area contributed by atoms with E-state index in [9.17, 15) is 43.2 Å². The van der Waals surface area contributed by atoms with Crippen LogP contribution in [-0.4, -0.2) is 200 Å². The Labute approximate surface area is 666 Å². The SMILES string of the molecule is CC(C)CCN1C(=O)C(CC(=O)N2CCC(N3CCc4ccccc4NC3=O)CC2)SC1c1ccccc1-n1ccnc1.CC(C)CCN1C(=O)C(CC(=O)N2CCC(n3cc4ccccc4nc3=O)CC2)SC1c1ccccc1.CC(C)CCN1C(=O)C(CC(=O)N2CCC3(CC2)CNC(=O)O3)SC1c1ccccc1.[HH].[HH]. The summed E-state index contributed by atoms with van der Waals surface area (Å²) in [5, 5.41) is 5.31. The van der Waals surface area contributed by atoms with Crippen molar-refractivity contribution < 1.29 is 45.9 Å². The lowest BCUT2D eigenvalue weighted by Crippen LogP contribution is -2.50. The summed E-state index contributed by atoms with van der Waals surface area (Å²) in [5.41, 5.74) is 6.28. The summed E-state index contributed by atoms with van der Waals surface area (Å²) in [7, 11) is 0. The van der Waals surface area contributed by atoms with E-state index in [2.05, 4.69) is 105 Å². The summed E-state index contributed by atoms with van der Waals surface area (Å²) < 4.78 is 9.14. The van der Waals surface area contributed by atoms with Crippen LogP contribution in [0.5, 0.6) is 0 Å². The first-order chi connectivity index (χ1) is 53.7. The van der Waals surface area contributed by atoms with E-state index in [4.69, 9.17) is 4.74 Å². The number of alkyl carbamates (subject to hydrolysis) is 1. The Bertz CT molecular complexity index is 4480. The standard InChI is InChI=1S/C33H40N6O3S.C29H34N4O3S.C23H31N3O4S.2H2/c1-23(2)11-18-39-31(41)29(43-32(39)26-8-4-6-10-28(26)37-20-15-34-22-37)21-30(40)36-16-13-25(14-17-36)38-19-12-24-7-3-5-9-27(24)35-33(38)42;1-20(2)12-17-32-27(35)25(37-28(32)21-8-4-3-5-9-21)18-26(34)31-15-13-23(14-16-31)33-19-22-10-6-7-11-24(22)30-29(33)36;1-16(2)8-11-26-20(28)18(31-21(26)17-6-4-3-5-7-17)14-19(27)25-12-9-23(10-13-25)15-24-22(29)30-23;;/h3-10,15,20,22-23,25,29,32H,11-14,16-19,21H2,1-2H3,(H,35,42);3-11,19-20,23,25,28H,12-18H2,1-2H3;3-7,16,18,21H,8-15H2,1-2H3,(H,24,29);2*1H. The molecule has 2 aromatic heterocycles. The van der Waals surface area contributed by atoms with Crippen LogP contribution in [0.4, 0.5) is 15.3 Å². The Balaban J connectivity index is 0.000000168. The second kappa shape index (κ2) is 36.6. The maximum absolute atomic E-state index is 13.8. The monoisotopic (exact) mass is 1570 g/mol. The highest BCUT2D eigenvalue weighted by Gasteiger charge is 2.48. The van der Waals surface area contributed by atoms with Gasteiger partial charge in [0.2, 0.25) is 35.4 Å². The second-order valence-corrected chi connectivity index (χ2v) is 35.5. The van der Waals surface area contributed by atoms with Crippen LogP contribution in [0.1, 0.15) is 166 Å². The van der Waals surface area contributed by atoms with Gasteiger partial charge in [0.1, 0.15) is 21.7 Å². The van der Waals surface area contributed by atoms with E-state index in [1.807, 2.05) is 142 Å². The number of urea groups is 1. The Morgan fingerprint density at radius 3 is 1.55 bits per heavy atom. The highest BCUT2D eigenvalue weighted by Crippen LogP contribution is 2.49. The number of hydrogen-bond acceptors (Lipinski definition) is 15. The summed E-state index contributed by atoms with van der Waals surface area (Å²) >= 11 is 4.78. The third-order valence-corrected chi connectivity index (χ3v) is 27.1. The molecule has 0 bridgehead atoms. The largest absolute Gasteiger partial charge is 0.441 e. The first-order valence-corrected chi connectivity index (χ1v) is 42.5. The minimum absolute atomic E-state index is 0. The molecule has 8 aliphatic heterocycles. The number of likely N-dealkylation sites (tertiary alicyclic amines) is 3. The van der Waals surface area contributed by atoms with Gasteiger partial charge >= 0.3 is 17.8 Å². The van der Waals surface area contributed by atoms with Crippen LogP contribution >= 0.6 is 35.3 Å². The first kappa shape index (κ1) is 79.9. The number of ether oxygens (including phenoxy) is 1. The molecular formula is C85H109N13O10S3. The highest BCUT2D eigenvalue weighted by atomic mass is 32.2. The van der Waals surface area contributed by atoms with Crippen molar-refractivity contribution in [2.24, 2.45) is 17.8 Å². The molecule has 111 heavy (non-hydrogen) atoms. The van der Waals surface area contributed by atoms with Crippen LogP contribution in [0.3, 0.4) is 0 Å². The van der Waals surface area contributed by atoms with E-state index < -0.39 is 10.9 Å². The molecule has 26 heteroatoms. The van der Waals surface area contributed by atoms with Crippen molar-refractivity contribution in [3.8, 4) is 5.69 Å². The lowest BCUT2D eigenvalue weighted by Gasteiger charge is -2.38. The number of hydrogen-bond donors (Lipinski definition) is 2. The molecule has 6 atom stereocenters. The molecular weight excluding hydrogens is 1460 g/mol. The molecule has 6 unspecified atom stereocenters. The van der Waals surface area contributed by atoms with Crippen molar-refractivity contribution in [3.05, 3.63) is 191 Å². The van der Waals surface area contributed by atoms with Crippen LogP contribution in [0.2, 0.25) is 0 Å². The van der Waals surface area contributed by atoms with Crippen LogP contribution in [0, 0.1) is 17.8 Å². The molecule has 2 N–H and O–H groups in total. The molecule has 7 aromatic rings. The van der Waals surface area contributed by atoms with Gasteiger partial charge in [-0.2, -0.15) is 4.98 Å². The first-order valence-electron chi connectivity index (χ1n) is 39.6. The number of para-hydroxylation sites is 3. The quantitative estimate of drug-likeness (QED) is 0.0679. The van der Waals surface area contributed by atoms with Gasteiger partial charge in [0.15, 0.2) is 0 Å². The number of nitrogens with zero attached hydrogens (tertiary/aromatic N) is 11. The predicted octanol–water partition coefficient (Wildman–Crippen LogP) is 13.6. The Morgan fingerprint density at radius 2 is 1.03 bits per heavy atom. The number of aromatic nitrogens is 4. The van der Waals surface area contributed by atoms with E-state index in [0.29, 0.717) is 121 Å². The summed E-state index contributed by atoms with van der Waals surface area (Å²) in [5.74, 6) is 1.69. The number of piperidine rings is 3. The van der Waals surface area contributed by atoms with E-state index in [1.54, 1.807) is 52.4 Å². The zero-order valence-corrected chi connectivity index (χ0v) is 67.0. The zero-order chi connectivity index (χ0) is 77.9. The van der Waals surface area contributed by atoms with Crippen molar-refractivity contribution >= 4 is 99.4 Å². The molecule has 0 saturated carbocycles. The molecule has 5 aromatic carbocycles. The van der Waals surface area contributed by atoms with Crippen molar-refractivity contribution in [3.63, 3.8) is 0 Å². The minimum Gasteiger partial charge on any atom is -0.441 e. The van der Waals surface area contributed by atoms with E-state index >= 15 is 0 Å². The summed E-state index contributed by atoms with van der Waals surface area (Å²) in [6.07, 6.45) is 15.3. The molecule has 23 nitrogen and oxygen atoms in total. The van der Waals surface area contributed by atoms with Gasteiger partial charge in [-0.15, -0.1) is 35.3 Å². The van der Waals surface area contributed by atoms with Crippen LogP contribution in [-0.2, 0) is 39.9 Å². The van der Waals surface area contributed by atoms with E-state index in [1.165, 1.54) is 0 Å². The molecule has 10 heterocycles. The van der Waals surface area contributed by atoms with Gasteiger partial charge in [0.05, 0.1) is 39.8 Å². The summed E-state index contributed by atoms with van der Waals surface area (Å²) in [6, 6.07) is 43.9. The third kappa shape index (κ3) is 19.3. The molecule has 7 saturated heterocycles. The number of imidazole rings is 1. The highest BCUT2D eigenvalue weighted by molar-refractivity contribution is 8.01. The second-order valence-electron chi connectivity index (χ2n) is 31.6. The van der Waals surface area contributed by atoms with Crippen LogP contribution in [0.15, 0.2) is 163 Å². The van der Waals surface area contributed by atoms with Gasteiger partial charge in [-0.05, 0) is 104 Å². The number of benzene rings is 5. The number of carbonyl (C=O) groups is 8. The molecule has 9 amide bonds. The van der Waals surface area contributed by atoms with Gasteiger partial charge in [-0.1, -0.05) is 157 Å². The van der Waals surface area contributed by atoms with Gasteiger partial charge in [-0.3, -0.25) is 33.3 Å². The van der Waals surface area contributed by atoms with Gasteiger partial charge in [0.25, 0.3) is 0 Å². The number of rotatable bonds is 21. The van der Waals surface area contributed by atoms with Gasteiger partial charge in [0, 0.05) is 148 Å². The number of fused-ring (bicyclic) bond motifs is 2. The van der Waals surface area contributed by atoms with Crippen LogP contribution in [0.25, 0.3) is 16.6 Å². The summed E-state index contributed by atoms with van der Waals surface area (Å²) in [6.45, 7) is 19.7. The van der Waals surface area contributed by atoms with E-state index in [-0.39, 0.29) is 114 Å². The minimum atomic E-state index is -0.474. The molecule has 8 aliphatic rings. The smallest absolute Gasteiger partial charge is 0.407 e. The molecule has 1 spiro atoms. The molecule has 7 fully saturated rings. The maximum Gasteiger partial charge on any atom is 0.407 e. The number of thioether (sulfide) groups is 3. The lowest BCUT2D eigenvalue weighted by molar-refractivity contribution is -0.138. The van der Waals surface area contributed by atoms with Gasteiger partial charge in [-0.25, -0.2) is 19.4 Å². The topological polar surface area (TPSA) is 245 Å². The van der Waals surface area contributed by atoms with Crippen LogP contribution < -0.4 is 16.3 Å². The average Bonchev–Trinajstić information content (AvgIpc) is 1.60. The average molecular weight is 1570 g/mol. The summed E-state index contributed by atoms with van der Waals surface area (Å²) in [4.78, 5) is 139. The van der Waals surface area contributed by atoms with Crippen molar-refractivity contribution in [1.82, 2.24) is 58.7 Å². The maximum atomic E-state index is 13.8. The fourth-order valence-electron chi connectivity index (χ4n) is 16.1. The number of nitrogens with one attached hydrogen (secondary N) is 2. The normalized spacial score (nSPS) is 22.2. The lowest BCUT2D eigenvalue weighted by atomic mass is 9.91. The Kier molecular flexibility index (Phi) is 26.3. The fourth-order valence-corrected chi connectivity index (χ4v) is 20.5. The van der Waals surface area contributed by atoms with Crippen molar-refractivity contribution in [2.75, 3.05) is 77.3 Å². The zero-order valence-electron chi connectivity index (χ0n) is 64.6. The predicted molar refractivity (Wildman–Crippen MR) is 440 cm³/mol. The molecule has 0 radical (unpaired) electrons. The third-order valence-electron chi connectivity index (χ3n) is 22.6. The fraction of sp³-hybridized carbons (Fsp3) is 0.494. The Hall–Kier alpha value is -9.14. The molecule has 592 valence electrons. The molecule has 15 rings (SSSR count). The van der Waals surface area contributed by atoms with E-state index in [0.717, 1.165) is 77.5 Å². The number of amides is 9. The van der Waals surface area contributed by atoms with Crippen molar-refractivity contribution in [2.45, 2.75) is 175 Å². The van der Waals surface area contributed by atoms with Gasteiger partial charge < -0.3 is 54.2 Å². The number of carbonyl (C=O) groups excluding carboxylic acids is 8. The Morgan fingerprint density at radius 1 is 0.550 bits per heavy atom.